The van der Waals surface area contributed by atoms with Crippen molar-refractivity contribution < 1.29 is 14.0 Å². The van der Waals surface area contributed by atoms with Gasteiger partial charge in [-0.1, -0.05) is 19.1 Å². The van der Waals surface area contributed by atoms with Gasteiger partial charge >= 0.3 is 7.12 Å². The molecular formula is C17H25BO3. The molecule has 3 nitrogen and oxygen atoms in total. The Morgan fingerprint density at radius 1 is 1.14 bits per heavy atom. The Kier molecular flexibility index (Phi) is 3.57. The lowest BCUT2D eigenvalue weighted by Crippen LogP contribution is -2.41. The standard InChI is InChI=1S/C17H25BO3/c1-6-12-8-7-9-14(19-13-10-11-13)15(12)18-20-16(2,3)17(4,5)21-18/h7-9,13H,6,10-11H2,1-5H3. The van der Waals surface area contributed by atoms with Crippen molar-refractivity contribution in [1.82, 2.24) is 0 Å². The Balaban J connectivity index is 1.97. The smallest absolute Gasteiger partial charge is 0.491 e. The average Bonchev–Trinajstić information content (AvgIpc) is 3.17. The number of ether oxygens (including phenoxy) is 1. The van der Waals surface area contributed by atoms with Crippen molar-refractivity contribution in [2.75, 3.05) is 0 Å². The largest absolute Gasteiger partial charge is 0.498 e. The van der Waals surface area contributed by atoms with Crippen molar-refractivity contribution in [3.8, 4) is 5.75 Å². The first-order chi connectivity index (χ1) is 9.84. The molecule has 0 atom stereocenters. The molecule has 0 unspecified atom stereocenters. The molecule has 1 aliphatic carbocycles. The molecule has 1 aliphatic heterocycles. The highest BCUT2D eigenvalue weighted by Gasteiger charge is 2.53. The molecule has 0 amide bonds. The second-order valence-electron chi connectivity index (χ2n) is 7.09. The Hall–Kier alpha value is -0.995. The summed E-state index contributed by atoms with van der Waals surface area (Å²) in [6, 6.07) is 6.24. The van der Waals surface area contributed by atoms with Crippen LogP contribution < -0.4 is 10.2 Å². The van der Waals surface area contributed by atoms with E-state index in [1.54, 1.807) is 0 Å². The Morgan fingerprint density at radius 2 is 1.76 bits per heavy atom. The summed E-state index contributed by atoms with van der Waals surface area (Å²) < 4.78 is 18.6. The lowest BCUT2D eigenvalue weighted by molar-refractivity contribution is 0.00578. The van der Waals surface area contributed by atoms with Crippen molar-refractivity contribution in [3.63, 3.8) is 0 Å². The van der Waals surface area contributed by atoms with Crippen LogP contribution in [0.4, 0.5) is 0 Å². The van der Waals surface area contributed by atoms with Gasteiger partial charge in [0.25, 0.3) is 0 Å². The van der Waals surface area contributed by atoms with Crippen LogP contribution >= 0.6 is 0 Å². The van der Waals surface area contributed by atoms with Crippen molar-refractivity contribution >= 4 is 12.6 Å². The van der Waals surface area contributed by atoms with Crippen LogP contribution in [0.2, 0.25) is 0 Å². The topological polar surface area (TPSA) is 27.7 Å². The Bertz CT molecular complexity index is 519. The molecule has 2 aliphatic rings. The molecule has 1 saturated carbocycles. The highest BCUT2D eigenvalue weighted by Crippen LogP contribution is 2.38. The van der Waals surface area contributed by atoms with Crippen LogP contribution in [0.1, 0.15) is 53.0 Å². The summed E-state index contributed by atoms with van der Waals surface area (Å²) in [6.45, 7) is 10.5. The minimum Gasteiger partial charge on any atom is -0.491 e. The van der Waals surface area contributed by atoms with Crippen LogP contribution in [0, 0.1) is 0 Å². The number of rotatable bonds is 4. The maximum Gasteiger partial charge on any atom is 0.498 e. The first-order valence-corrected chi connectivity index (χ1v) is 7.98. The fourth-order valence-corrected chi connectivity index (χ4v) is 2.59. The Morgan fingerprint density at radius 3 is 2.29 bits per heavy atom. The lowest BCUT2D eigenvalue weighted by atomic mass is 9.74. The molecule has 21 heavy (non-hydrogen) atoms. The highest BCUT2D eigenvalue weighted by molar-refractivity contribution is 6.63. The van der Waals surface area contributed by atoms with Gasteiger partial charge in [-0.05, 0) is 58.6 Å². The van der Waals surface area contributed by atoms with E-state index in [0.29, 0.717) is 6.10 Å². The van der Waals surface area contributed by atoms with E-state index in [9.17, 15) is 0 Å². The van der Waals surface area contributed by atoms with E-state index in [1.807, 2.05) is 6.07 Å². The third kappa shape index (κ3) is 2.71. The molecule has 3 rings (SSSR count). The molecular weight excluding hydrogens is 263 g/mol. The summed E-state index contributed by atoms with van der Waals surface area (Å²) in [5.41, 5.74) is 1.67. The zero-order chi connectivity index (χ0) is 15.3. The fraction of sp³-hybridized carbons (Fsp3) is 0.647. The molecule has 4 heteroatoms. The van der Waals surface area contributed by atoms with Gasteiger partial charge in [-0.3, -0.25) is 0 Å². The van der Waals surface area contributed by atoms with Gasteiger partial charge in [-0.25, -0.2) is 0 Å². The minimum absolute atomic E-state index is 0.324. The van der Waals surface area contributed by atoms with Crippen LogP contribution in [-0.4, -0.2) is 24.4 Å². The van der Waals surface area contributed by atoms with Gasteiger partial charge in [-0.15, -0.1) is 0 Å². The molecule has 1 heterocycles. The summed E-state index contributed by atoms with van der Waals surface area (Å²) in [5, 5.41) is 0. The van der Waals surface area contributed by atoms with E-state index >= 15 is 0 Å². The molecule has 114 valence electrons. The van der Waals surface area contributed by atoms with E-state index in [2.05, 4.69) is 46.8 Å². The molecule has 0 aromatic heterocycles. The molecule has 1 aromatic carbocycles. The van der Waals surface area contributed by atoms with Gasteiger partial charge in [0.1, 0.15) is 5.75 Å². The van der Waals surface area contributed by atoms with Gasteiger partial charge in [0.2, 0.25) is 0 Å². The van der Waals surface area contributed by atoms with Gasteiger partial charge in [-0.2, -0.15) is 0 Å². The summed E-state index contributed by atoms with van der Waals surface area (Å²) in [7, 11) is -0.347. The molecule has 2 fully saturated rings. The summed E-state index contributed by atoms with van der Waals surface area (Å²) in [6.07, 6.45) is 3.62. The van der Waals surface area contributed by atoms with Crippen molar-refractivity contribution in [2.24, 2.45) is 0 Å². The van der Waals surface area contributed by atoms with Crippen LogP contribution in [0.5, 0.6) is 5.75 Å². The van der Waals surface area contributed by atoms with Crippen molar-refractivity contribution in [1.29, 1.82) is 0 Å². The third-order valence-corrected chi connectivity index (χ3v) is 4.84. The maximum atomic E-state index is 6.23. The minimum atomic E-state index is -0.347. The normalized spacial score (nSPS) is 23.4. The van der Waals surface area contributed by atoms with Crippen molar-refractivity contribution in [3.05, 3.63) is 23.8 Å². The number of hydrogen-bond acceptors (Lipinski definition) is 3. The van der Waals surface area contributed by atoms with Crippen LogP contribution in [0.25, 0.3) is 0 Å². The van der Waals surface area contributed by atoms with E-state index < -0.39 is 0 Å². The summed E-state index contributed by atoms with van der Waals surface area (Å²) in [4.78, 5) is 0. The number of hydrogen-bond donors (Lipinski definition) is 0. The van der Waals surface area contributed by atoms with E-state index in [-0.39, 0.29) is 18.3 Å². The average molecular weight is 288 g/mol. The van der Waals surface area contributed by atoms with E-state index in [4.69, 9.17) is 14.0 Å². The van der Waals surface area contributed by atoms with Crippen LogP contribution in [0.3, 0.4) is 0 Å². The SMILES string of the molecule is CCc1cccc(OC2CC2)c1B1OC(C)(C)C(C)(C)O1. The fourth-order valence-electron chi connectivity index (χ4n) is 2.59. The second-order valence-corrected chi connectivity index (χ2v) is 7.09. The van der Waals surface area contributed by atoms with Crippen LogP contribution in [0.15, 0.2) is 18.2 Å². The number of aryl methyl sites for hydroxylation is 1. The predicted octanol–water partition coefficient (Wildman–Crippen LogP) is 3.09. The first kappa shape index (κ1) is 14.9. The molecule has 1 aromatic rings. The zero-order valence-electron chi connectivity index (χ0n) is 13.7. The van der Waals surface area contributed by atoms with Gasteiger partial charge in [0, 0.05) is 5.46 Å². The zero-order valence-corrected chi connectivity index (χ0v) is 13.7. The molecule has 1 saturated heterocycles. The summed E-state index contributed by atoms with van der Waals surface area (Å²) >= 11 is 0. The van der Waals surface area contributed by atoms with Gasteiger partial charge < -0.3 is 14.0 Å². The molecule has 0 spiro atoms. The molecule has 0 radical (unpaired) electrons. The van der Waals surface area contributed by atoms with Crippen LogP contribution in [-0.2, 0) is 15.7 Å². The Labute approximate surface area is 128 Å². The lowest BCUT2D eigenvalue weighted by Gasteiger charge is -2.32. The maximum absolute atomic E-state index is 6.23. The monoisotopic (exact) mass is 288 g/mol. The van der Waals surface area contributed by atoms with Gasteiger partial charge in [0.15, 0.2) is 0 Å². The molecule has 0 N–H and O–H groups in total. The second kappa shape index (κ2) is 5.03. The summed E-state index contributed by atoms with van der Waals surface area (Å²) in [5.74, 6) is 0.926. The predicted molar refractivity (Wildman–Crippen MR) is 85.2 cm³/mol. The number of benzene rings is 1. The molecule has 0 bridgehead atoms. The van der Waals surface area contributed by atoms with E-state index in [0.717, 1.165) is 30.5 Å². The van der Waals surface area contributed by atoms with Gasteiger partial charge in [0.05, 0.1) is 17.3 Å². The highest BCUT2D eigenvalue weighted by atomic mass is 16.7. The first-order valence-electron chi connectivity index (χ1n) is 7.98. The van der Waals surface area contributed by atoms with E-state index in [1.165, 1.54) is 5.56 Å². The quantitative estimate of drug-likeness (QED) is 0.797. The third-order valence-electron chi connectivity index (χ3n) is 4.84. The van der Waals surface area contributed by atoms with Crippen molar-refractivity contribution in [2.45, 2.75) is 71.2 Å².